The Labute approximate surface area is 164 Å². The predicted octanol–water partition coefficient (Wildman–Crippen LogP) is 4.06. The number of carbonyl (C=O) groups is 1. The highest BCUT2D eigenvalue weighted by atomic mass is 35.5. The van der Waals surface area contributed by atoms with Gasteiger partial charge in [0.15, 0.2) is 11.5 Å². The Morgan fingerprint density at radius 1 is 1.11 bits per heavy atom. The van der Waals surface area contributed by atoms with Crippen LogP contribution < -0.4 is 10.6 Å². The van der Waals surface area contributed by atoms with E-state index in [9.17, 15) is 4.79 Å². The number of nitrogens with one attached hydrogen (secondary N) is 3. The van der Waals surface area contributed by atoms with E-state index in [1.54, 1.807) is 36.4 Å². The number of carboxylic acids is 1. The molecule has 0 amide bonds. The molecule has 9 heteroatoms. The van der Waals surface area contributed by atoms with Crippen LogP contribution in [0.2, 0.25) is 5.02 Å². The second kappa shape index (κ2) is 7.53. The summed E-state index contributed by atoms with van der Waals surface area (Å²) in [5.74, 6) is 0.221. The van der Waals surface area contributed by atoms with Gasteiger partial charge in [0, 0.05) is 17.3 Å². The van der Waals surface area contributed by atoms with E-state index in [2.05, 4.69) is 30.8 Å². The number of rotatable bonds is 6. The van der Waals surface area contributed by atoms with Gasteiger partial charge in [-0.25, -0.2) is 14.8 Å². The first-order valence-corrected chi connectivity index (χ1v) is 8.76. The van der Waals surface area contributed by atoms with Crippen LogP contribution in [0, 0.1) is 0 Å². The summed E-state index contributed by atoms with van der Waals surface area (Å²) in [6, 6.07) is 14.0. The lowest BCUT2D eigenvalue weighted by Crippen LogP contribution is -2.03. The number of halogens is 1. The van der Waals surface area contributed by atoms with Crippen LogP contribution >= 0.6 is 11.6 Å². The number of hydrogen-bond acceptors (Lipinski definition) is 6. The lowest BCUT2D eigenvalue weighted by atomic mass is 10.1. The summed E-state index contributed by atoms with van der Waals surface area (Å²) in [5, 5.41) is 23.9. The number of nitrogens with zero attached hydrogens (tertiary/aromatic N) is 3. The average molecular weight is 395 g/mol. The molecule has 0 aliphatic carbocycles. The van der Waals surface area contributed by atoms with Crippen molar-refractivity contribution < 1.29 is 9.90 Å². The fourth-order valence-corrected chi connectivity index (χ4v) is 2.93. The summed E-state index contributed by atoms with van der Waals surface area (Å²) in [6.45, 7) is 0.464. The fourth-order valence-electron chi connectivity index (χ4n) is 2.74. The first-order valence-electron chi connectivity index (χ1n) is 8.38. The lowest BCUT2D eigenvalue weighted by Gasteiger charge is -2.09. The monoisotopic (exact) mass is 394 g/mol. The van der Waals surface area contributed by atoms with Crippen molar-refractivity contribution in [2.75, 3.05) is 10.6 Å². The zero-order valence-corrected chi connectivity index (χ0v) is 15.2. The summed E-state index contributed by atoms with van der Waals surface area (Å²) in [7, 11) is 0. The number of anilines is 3. The van der Waals surface area contributed by atoms with E-state index in [-0.39, 0.29) is 5.56 Å². The van der Waals surface area contributed by atoms with Crippen molar-refractivity contribution in [3.63, 3.8) is 0 Å². The van der Waals surface area contributed by atoms with Crippen LogP contribution in [-0.4, -0.2) is 31.2 Å². The van der Waals surface area contributed by atoms with Gasteiger partial charge in [-0.05, 0) is 35.9 Å². The normalized spacial score (nSPS) is 10.8. The Bertz CT molecular complexity index is 1140. The molecule has 4 aromatic rings. The number of aromatic nitrogens is 4. The summed E-state index contributed by atoms with van der Waals surface area (Å²) < 4.78 is 0. The molecule has 8 nitrogen and oxygen atoms in total. The second-order valence-electron chi connectivity index (χ2n) is 6.01. The second-order valence-corrected chi connectivity index (χ2v) is 6.45. The molecule has 2 aromatic heterocycles. The van der Waals surface area contributed by atoms with E-state index >= 15 is 0 Å². The van der Waals surface area contributed by atoms with E-state index in [1.165, 1.54) is 6.33 Å². The van der Waals surface area contributed by atoms with Gasteiger partial charge in [0.2, 0.25) is 0 Å². The van der Waals surface area contributed by atoms with Crippen molar-refractivity contribution in [2.45, 2.75) is 6.54 Å². The van der Waals surface area contributed by atoms with Gasteiger partial charge in [-0.1, -0.05) is 29.8 Å². The van der Waals surface area contributed by atoms with Gasteiger partial charge in [0.1, 0.15) is 17.5 Å². The number of fused-ring (bicyclic) bond motifs is 1. The van der Waals surface area contributed by atoms with E-state index in [4.69, 9.17) is 16.7 Å². The third kappa shape index (κ3) is 3.72. The van der Waals surface area contributed by atoms with Crippen LogP contribution in [0.15, 0.2) is 54.9 Å². The first-order chi connectivity index (χ1) is 13.6. The van der Waals surface area contributed by atoms with Crippen LogP contribution in [0.1, 0.15) is 15.9 Å². The molecule has 0 aliphatic heterocycles. The van der Waals surface area contributed by atoms with Crippen LogP contribution in [0.5, 0.6) is 0 Å². The molecule has 0 aliphatic rings. The Morgan fingerprint density at radius 3 is 2.68 bits per heavy atom. The maximum atomic E-state index is 11.0. The molecule has 2 aromatic carbocycles. The quantitative estimate of drug-likeness (QED) is 0.389. The van der Waals surface area contributed by atoms with Gasteiger partial charge in [0.25, 0.3) is 0 Å². The van der Waals surface area contributed by atoms with E-state index in [0.717, 1.165) is 11.3 Å². The molecule has 2 heterocycles. The topological polar surface area (TPSA) is 116 Å². The largest absolute Gasteiger partial charge is 0.478 e. The molecular formula is C19H15ClN6O2. The highest BCUT2D eigenvalue weighted by Gasteiger charge is 2.13. The van der Waals surface area contributed by atoms with Crippen LogP contribution in [0.25, 0.3) is 11.0 Å². The fraction of sp³-hybridized carbons (Fsp3) is 0.0526. The summed E-state index contributed by atoms with van der Waals surface area (Å²) >= 11 is 6.05. The third-order valence-electron chi connectivity index (χ3n) is 4.11. The molecule has 140 valence electrons. The van der Waals surface area contributed by atoms with Crippen LogP contribution in [-0.2, 0) is 6.54 Å². The molecule has 0 atom stereocenters. The number of benzene rings is 2. The molecule has 4 N–H and O–H groups in total. The molecule has 0 saturated heterocycles. The third-order valence-corrected chi connectivity index (χ3v) is 4.34. The smallest absolute Gasteiger partial charge is 0.335 e. The van der Waals surface area contributed by atoms with Crippen molar-refractivity contribution in [3.05, 3.63) is 71.0 Å². The van der Waals surface area contributed by atoms with Crippen molar-refractivity contribution in [1.82, 2.24) is 20.2 Å². The minimum atomic E-state index is -0.952. The van der Waals surface area contributed by atoms with Gasteiger partial charge in [-0.15, -0.1) is 0 Å². The Morgan fingerprint density at radius 2 is 1.93 bits per heavy atom. The van der Waals surface area contributed by atoms with Crippen molar-refractivity contribution in [1.29, 1.82) is 0 Å². The number of hydrogen-bond donors (Lipinski definition) is 4. The zero-order chi connectivity index (χ0) is 19.5. The minimum Gasteiger partial charge on any atom is -0.478 e. The van der Waals surface area contributed by atoms with Crippen molar-refractivity contribution >= 4 is 45.9 Å². The number of aromatic amines is 1. The maximum Gasteiger partial charge on any atom is 0.335 e. The molecule has 0 spiro atoms. The molecular weight excluding hydrogens is 380 g/mol. The predicted molar refractivity (Wildman–Crippen MR) is 107 cm³/mol. The van der Waals surface area contributed by atoms with Crippen molar-refractivity contribution in [3.8, 4) is 0 Å². The highest BCUT2D eigenvalue weighted by molar-refractivity contribution is 6.30. The molecule has 28 heavy (non-hydrogen) atoms. The number of aromatic carboxylic acids is 1. The van der Waals surface area contributed by atoms with Gasteiger partial charge in [-0.2, -0.15) is 5.10 Å². The Hall–Kier alpha value is -3.65. The Balaban J connectivity index is 1.58. The molecule has 0 saturated carbocycles. The van der Waals surface area contributed by atoms with E-state index in [1.807, 2.05) is 12.1 Å². The van der Waals surface area contributed by atoms with Gasteiger partial charge in [0.05, 0.1) is 5.56 Å². The van der Waals surface area contributed by atoms with E-state index < -0.39 is 5.97 Å². The zero-order valence-electron chi connectivity index (χ0n) is 14.5. The number of carboxylic acid groups (broad SMARTS) is 1. The standard InChI is InChI=1S/C19H15ClN6O2/c20-13-2-1-3-14(8-13)24-16-15-17(25-26-18(15)23-10-22-16)21-9-11-4-6-12(7-5-11)19(27)28/h1-8,10H,9H2,(H,27,28)(H3,21,22,23,24,25,26). The molecule has 0 unspecified atom stereocenters. The highest BCUT2D eigenvalue weighted by Crippen LogP contribution is 2.28. The van der Waals surface area contributed by atoms with Gasteiger partial charge >= 0.3 is 5.97 Å². The van der Waals surface area contributed by atoms with E-state index in [0.29, 0.717) is 34.2 Å². The molecule has 0 radical (unpaired) electrons. The minimum absolute atomic E-state index is 0.246. The Kier molecular flexibility index (Phi) is 4.77. The van der Waals surface area contributed by atoms with Gasteiger partial charge < -0.3 is 15.7 Å². The summed E-state index contributed by atoms with van der Waals surface area (Å²) in [4.78, 5) is 19.5. The number of H-pyrrole nitrogens is 1. The summed E-state index contributed by atoms with van der Waals surface area (Å²) in [6.07, 6.45) is 1.45. The summed E-state index contributed by atoms with van der Waals surface area (Å²) in [5.41, 5.74) is 2.55. The average Bonchev–Trinajstić information content (AvgIpc) is 3.11. The maximum absolute atomic E-state index is 11.0. The van der Waals surface area contributed by atoms with Crippen molar-refractivity contribution in [2.24, 2.45) is 0 Å². The SMILES string of the molecule is O=C(O)c1ccc(CNc2n[nH]c3ncnc(Nc4cccc(Cl)c4)c23)cc1. The first kappa shape index (κ1) is 17.7. The molecule has 4 rings (SSSR count). The van der Waals surface area contributed by atoms with Crippen LogP contribution in [0.4, 0.5) is 17.3 Å². The lowest BCUT2D eigenvalue weighted by molar-refractivity contribution is 0.0697. The van der Waals surface area contributed by atoms with Gasteiger partial charge in [-0.3, -0.25) is 5.10 Å². The van der Waals surface area contributed by atoms with Crippen LogP contribution in [0.3, 0.4) is 0 Å². The molecule has 0 fully saturated rings. The molecule has 0 bridgehead atoms.